The Hall–Kier alpha value is -3.77. The summed E-state index contributed by atoms with van der Waals surface area (Å²) in [6.07, 6.45) is 0. The highest BCUT2D eigenvalue weighted by Gasteiger charge is 2.33. The van der Waals surface area contributed by atoms with Crippen LogP contribution in [0.4, 0.5) is 0 Å². The summed E-state index contributed by atoms with van der Waals surface area (Å²) in [5.41, 5.74) is 1.94. The number of nitriles is 2. The Bertz CT molecular complexity index is 1020. The Morgan fingerprint density at radius 2 is 1.62 bits per heavy atom. The van der Waals surface area contributed by atoms with Gasteiger partial charge in [-0.1, -0.05) is 48.5 Å². The van der Waals surface area contributed by atoms with Crippen LogP contribution in [0, 0.1) is 28.6 Å². The van der Waals surface area contributed by atoms with Gasteiger partial charge < -0.3 is 4.74 Å². The van der Waals surface area contributed by atoms with Gasteiger partial charge >= 0.3 is 0 Å². The minimum Gasteiger partial charge on any atom is -0.496 e. The summed E-state index contributed by atoms with van der Waals surface area (Å²) in [7, 11) is 1.52. The predicted octanol–water partition coefficient (Wildman–Crippen LogP) is 3.17. The molecule has 128 valence electrons. The summed E-state index contributed by atoms with van der Waals surface area (Å²) in [5.74, 6) is -1.29. The molecule has 3 rings (SSSR count). The number of H-pyrrole nitrogens is 2. The third-order valence-corrected chi connectivity index (χ3v) is 4.27. The summed E-state index contributed by atoms with van der Waals surface area (Å²) in [4.78, 5) is 12.6. The Morgan fingerprint density at radius 1 is 0.962 bits per heavy atom. The lowest BCUT2D eigenvalue weighted by atomic mass is 9.80. The highest BCUT2D eigenvalue weighted by Crippen LogP contribution is 2.39. The topological polar surface area (TPSA) is 105 Å². The summed E-state index contributed by atoms with van der Waals surface area (Å²) in [6, 6.07) is 20.4. The molecule has 1 unspecified atom stereocenters. The zero-order valence-electron chi connectivity index (χ0n) is 14.1. The monoisotopic (exact) mass is 344 g/mol. The quantitative estimate of drug-likeness (QED) is 0.741. The van der Waals surface area contributed by atoms with E-state index < -0.39 is 11.8 Å². The van der Waals surface area contributed by atoms with Gasteiger partial charge in [-0.05, 0) is 11.6 Å². The van der Waals surface area contributed by atoms with Gasteiger partial charge in [0.05, 0.1) is 30.5 Å². The number of nitrogens with zero attached hydrogens (tertiary/aromatic N) is 2. The van der Waals surface area contributed by atoms with E-state index in [-0.39, 0.29) is 5.56 Å². The van der Waals surface area contributed by atoms with E-state index in [2.05, 4.69) is 10.2 Å². The van der Waals surface area contributed by atoms with Crippen molar-refractivity contribution >= 4 is 0 Å². The first-order valence-electron chi connectivity index (χ1n) is 7.99. The highest BCUT2D eigenvalue weighted by atomic mass is 16.5. The van der Waals surface area contributed by atoms with E-state index in [1.807, 2.05) is 42.5 Å². The molecule has 0 amide bonds. The van der Waals surface area contributed by atoms with Crippen LogP contribution >= 0.6 is 0 Å². The zero-order chi connectivity index (χ0) is 18.5. The molecule has 0 aliphatic carbocycles. The number of aromatic nitrogens is 2. The third-order valence-electron chi connectivity index (χ3n) is 4.27. The maximum Gasteiger partial charge on any atom is 0.268 e. The van der Waals surface area contributed by atoms with Crippen molar-refractivity contribution in [3.63, 3.8) is 0 Å². The number of ether oxygens (including phenoxy) is 1. The van der Waals surface area contributed by atoms with Gasteiger partial charge in [0.15, 0.2) is 0 Å². The second-order valence-electron chi connectivity index (χ2n) is 5.69. The van der Waals surface area contributed by atoms with Crippen molar-refractivity contribution in [1.29, 1.82) is 10.5 Å². The van der Waals surface area contributed by atoms with Crippen molar-refractivity contribution in [3.8, 4) is 29.1 Å². The van der Waals surface area contributed by atoms with Gasteiger partial charge in [0.2, 0.25) is 0 Å². The summed E-state index contributed by atoms with van der Waals surface area (Å²) >= 11 is 0. The van der Waals surface area contributed by atoms with E-state index in [1.165, 1.54) is 7.11 Å². The standard InChI is InChI=1S/C20H16N4O2/c1-26-16-10-6-5-9-15(16)17(14(11-21)12-22)18-19(23-24-20(18)25)13-7-3-2-4-8-13/h2-10,14,17H,1H3,(H2,23,24,25). The zero-order valence-corrected chi connectivity index (χ0v) is 14.1. The molecule has 0 saturated carbocycles. The van der Waals surface area contributed by atoms with Crippen molar-refractivity contribution in [1.82, 2.24) is 10.2 Å². The largest absolute Gasteiger partial charge is 0.496 e. The summed E-state index contributed by atoms with van der Waals surface area (Å²) in [6.45, 7) is 0. The van der Waals surface area contributed by atoms with E-state index >= 15 is 0 Å². The molecule has 1 heterocycles. The van der Waals surface area contributed by atoms with Crippen LogP contribution in [0.2, 0.25) is 0 Å². The number of aromatic amines is 2. The van der Waals surface area contributed by atoms with Crippen LogP contribution in [0.5, 0.6) is 5.75 Å². The maximum absolute atomic E-state index is 12.6. The lowest BCUT2D eigenvalue weighted by Gasteiger charge is -2.20. The first kappa shape index (κ1) is 17.1. The molecule has 3 aromatic rings. The Kier molecular flexibility index (Phi) is 4.87. The predicted molar refractivity (Wildman–Crippen MR) is 96.4 cm³/mol. The minimum atomic E-state index is -1.05. The molecule has 26 heavy (non-hydrogen) atoms. The van der Waals surface area contributed by atoms with Gasteiger partial charge in [-0.3, -0.25) is 15.0 Å². The number of nitrogens with one attached hydrogen (secondary N) is 2. The molecule has 0 aliphatic rings. The molecular formula is C20H16N4O2. The molecule has 2 aromatic carbocycles. The van der Waals surface area contributed by atoms with Crippen molar-refractivity contribution in [2.75, 3.05) is 7.11 Å². The number of para-hydroxylation sites is 1. The molecule has 6 nitrogen and oxygen atoms in total. The summed E-state index contributed by atoms with van der Waals surface area (Å²) in [5, 5.41) is 24.5. The lowest BCUT2D eigenvalue weighted by molar-refractivity contribution is 0.406. The molecule has 1 aromatic heterocycles. The molecule has 0 radical (unpaired) electrons. The molecule has 1 atom stereocenters. The first-order valence-corrected chi connectivity index (χ1v) is 7.99. The minimum absolute atomic E-state index is 0.341. The van der Waals surface area contributed by atoms with E-state index in [9.17, 15) is 15.3 Å². The van der Waals surface area contributed by atoms with Gasteiger partial charge in [-0.2, -0.15) is 10.5 Å². The Morgan fingerprint density at radius 3 is 2.27 bits per heavy atom. The lowest BCUT2D eigenvalue weighted by Crippen LogP contribution is -2.20. The Balaban J connectivity index is 2.29. The van der Waals surface area contributed by atoms with E-state index in [0.717, 1.165) is 5.56 Å². The maximum atomic E-state index is 12.6. The number of hydrogen-bond acceptors (Lipinski definition) is 4. The normalized spacial score (nSPS) is 11.5. The van der Waals surface area contributed by atoms with Gasteiger partial charge in [-0.15, -0.1) is 0 Å². The molecule has 0 aliphatic heterocycles. The fourth-order valence-corrected chi connectivity index (χ4v) is 3.10. The second-order valence-corrected chi connectivity index (χ2v) is 5.69. The summed E-state index contributed by atoms with van der Waals surface area (Å²) < 4.78 is 5.41. The number of rotatable bonds is 5. The highest BCUT2D eigenvalue weighted by molar-refractivity contribution is 5.65. The average Bonchev–Trinajstić information content (AvgIpc) is 3.07. The van der Waals surface area contributed by atoms with Crippen LogP contribution in [0.25, 0.3) is 11.3 Å². The fraction of sp³-hybridized carbons (Fsp3) is 0.150. The second kappa shape index (κ2) is 7.42. The van der Waals surface area contributed by atoms with Crippen molar-refractivity contribution in [2.45, 2.75) is 5.92 Å². The van der Waals surface area contributed by atoms with Crippen LogP contribution in [0.3, 0.4) is 0 Å². The number of methoxy groups -OCH3 is 1. The molecule has 6 heteroatoms. The van der Waals surface area contributed by atoms with Gasteiger partial charge in [0, 0.05) is 11.5 Å². The van der Waals surface area contributed by atoms with Crippen molar-refractivity contribution < 1.29 is 4.74 Å². The molecule has 0 bridgehead atoms. The van der Waals surface area contributed by atoms with Gasteiger partial charge in [-0.25, -0.2) is 0 Å². The fourth-order valence-electron chi connectivity index (χ4n) is 3.10. The van der Waals surface area contributed by atoms with Crippen LogP contribution in [0.1, 0.15) is 17.0 Å². The van der Waals surface area contributed by atoms with Crippen molar-refractivity contribution in [2.24, 2.45) is 5.92 Å². The van der Waals surface area contributed by atoms with Crippen LogP contribution in [-0.2, 0) is 0 Å². The molecule has 2 N–H and O–H groups in total. The van der Waals surface area contributed by atoms with Crippen LogP contribution < -0.4 is 10.3 Å². The SMILES string of the molecule is COc1ccccc1C(c1c(-c2ccccc2)[nH][nH]c1=O)C(C#N)C#N. The van der Waals surface area contributed by atoms with Crippen LogP contribution in [0.15, 0.2) is 59.4 Å². The molecule has 0 spiro atoms. The Labute approximate surface area is 150 Å². The van der Waals surface area contributed by atoms with Gasteiger partial charge in [0.1, 0.15) is 11.7 Å². The molecular weight excluding hydrogens is 328 g/mol. The third kappa shape index (κ3) is 2.97. The molecule has 0 saturated heterocycles. The van der Waals surface area contributed by atoms with Crippen LogP contribution in [-0.4, -0.2) is 17.3 Å². The molecule has 0 fully saturated rings. The smallest absolute Gasteiger partial charge is 0.268 e. The van der Waals surface area contributed by atoms with E-state index in [1.54, 1.807) is 24.3 Å². The van der Waals surface area contributed by atoms with Crippen molar-refractivity contribution in [3.05, 3.63) is 76.1 Å². The van der Waals surface area contributed by atoms with Gasteiger partial charge in [0.25, 0.3) is 5.56 Å². The van der Waals surface area contributed by atoms with E-state index in [0.29, 0.717) is 22.6 Å². The number of benzene rings is 2. The first-order chi connectivity index (χ1) is 12.7. The van der Waals surface area contributed by atoms with E-state index in [4.69, 9.17) is 4.74 Å². The average molecular weight is 344 g/mol. The number of hydrogen-bond donors (Lipinski definition) is 2.